The van der Waals surface area contributed by atoms with Gasteiger partial charge in [0.2, 0.25) is 0 Å². The van der Waals surface area contributed by atoms with E-state index >= 15 is 0 Å². The monoisotopic (exact) mass is 329 g/mol. The van der Waals surface area contributed by atoms with Crippen LogP contribution in [0.2, 0.25) is 0 Å². The zero-order chi connectivity index (χ0) is 16.8. The molecule has 1 aromatic carbocycles. The highest BCUT2D eigenvalue weighted by Gasteiger charge is 2.43. The molecule has 1 saturated heterocycles. The molecule has 0 bridgehead atoms. The fraction of sp³-hybridized carbons (Fsp3) is 0.650. The van der Waals surface area contributed by atoms with E-state index in [1.807, 2.05) is 18.2 Å². The SMILES string of the molecule is CC1(CCC#N)CCC2OCCOC2CC1OCc1ccccc1. The lowest BCUT2D eigenvalue weighted by Crippen LogP contribution is -2.40. The molecule has 1 saturated carbocycles. The number of hydrogen-bond donors (Lipinski definition) is 0. The van der Waals surface area contributed by atoms with Gasteiger partial charge < -0.3 is 14.2 Å². The molecule has 4 atom stereocenters. The van der Waals surface area contributed by atoms with Crippen molar-refractivity contribution >= 4 is 0 Å². The van der Waals surface area contributed by atoms with Crippen LogP contribution in [-0.4, -0.2) is 31.5 Å². The van der Waals surface area contributed by atoms with Crippen LogP contribution in [0.3, 0.4) is 0 Å². The summed E-state index contributed by atoms with van der Waals surface area (Å²) in [6, 6.07) is 12.6. The van der Waals surface area contributed by atoms with E-state index in [1.54, 1.807) is 0 Å². The molecule has 1 heterocycles. The quantitative estimate of drug-likeness (QED) is 0.823. The standard InChI is InChI=1S/C20H27NO3/c1-20(9-5-11-21)10-8-17-18(23-13-12-22-17)14-19(20)24-15-16-6-3-2-4-7-16/h2-4,6-7,17-19H,5,8-10,12-15H2,1H3. The van der Waals surface area contributed by atoms with Crippen LogP contribution in [-0.2, 0) is 20.8 Å². The first-order chi connectivity index (χ1) is 11.7. The highest BCUT2D eigenvalue weighted by Crippen LogP contribution is 2.42. The third-order valence-corrected chi connectivity index (χ3v) is 5.49. The summed E-state index contributed by atoms with van der Waals surface area (Å²) < 4.78 is 18.3. The maximum Gasteiger partial charge on any atom is 0.0862 e. The molecule has 2 aliphatic rings. The highest BCUT2D eigenvalue weighted by atomic mass is 16.6. The second kappa shape index (κ2) is 8.11. The van der Waals surface area contributed by atoms with Crippen molar-refractivity contribution < 1.29 is 14.2 Å². The average Bonchev–Trinajstić information content (AvgIpc) is 2.76. The van der Waals surface area contributed by atoms with Gasteiger partial charge in [0.15, 0.2) is 0 Å². The Kier molecular flexibility index (Phi) is 5.89. The van der Waals surface area contributed by atoms with Crippen molar-refractivity contribution in [3.63, 3.8) is 0 Å². The molecule has 4 nitrogen and oxygen atoms in total. The first-order valence-electron chi connectivity index (χ1n) is 8.97. The van der Waals surface area contributed by atoms with Gasteiger partial charge in [-0.2, -0.15) is 5.26 Å². The average molecular weight is 329 g/mol. The van der Waals surface area contributed by atoms with Crippen LogP contribution >= 0.6 is 0 Å². The summed E-state index contributed by atoms with van der Waals surface area (Å²) in [5, 5.41) is 9.04. The molecule has 0 spiro atoms. The highest BCUT2D eigenvalue weighted by molar-refractivity contribution is 5.13. The van der Waals surface area contributed by atoms with Gasteiger partial charge in [-0.3, -0.25) is 0 Å². The van der Waals surface area contributed by atoms with Crippen LogP contribution in [0.4, 0.5) is 0 Å². The van der Waals surface area contributed by atoms with E-state index in [2.05, 4.69) is 25.1 Å². The van der Waals surface area contributed by atoms with Crippen LogP contribution in [0, 0.1) is 16.7 Å². The van der Waals surface area contributed by atoms with E-state index in [0.29, 0.717) is 26.2 Å². The Balaban J connectivity index is 1.72. The number of nitriles is 1. The number of fused-ring (bicyclic) bond motifs is 1. The molecule has 4 heteroatoms. The van der Waals surface area contributed by atoms with Gasteiger partial charge in [0.1, 0.15) is 0 Å². The van der Waals surface area contributed by atoms with E-state index in [9.17, 15) is 0 Å². The third kappa shape index (κ3) is 4.16. The van der Waals surface area contributed by atoms with Gasteiger partial charge in [0.25, 0.3) is 0 Å². The van der Waals surface area contributed by atoms with Crippen molar-refractivity contribution in [2.75, 3.05) is 13.2 Å². The number of ether oxygens (including phenoxy) is 3. The lowest BCUT2D eigenvalue weighted by atomic mass is 9.76. The maximum atomic E-state index is 9.04. The maximum absolute atomic E-state index is 9.04. The van der Waals surface area contributed by atoms with E-state index in [-0.39, 0.29) is 23.7 Å². The molecule has 0 aromatic heterocycles. The summed E-state index contributed by atoms with van der Waals surface area (Å²) >= 11 is 0. The number of hydrogen-bond acceptors (Lipinski definition) is 4. The summed E-state index contributed by atoms with van der Waals surface area (Å²) in [6.07, 6.45) is 4.65. The Labute approximate surface area is 144 Å². The molecule has 1 aliphatic heterocycles. The first-order valence-corrected chi connectivity index (χ1v) is 8.97. The van der Waals surface area contributed by atoms with Gasteiger partial charge in [0.05, 0.1) is 44.2 Å². The van der Waals surface area contributed by atoms with Crippen molar-refractivity contribution in [3.05, 3.63) is 35.9 Å². The van der Waals surface area contributed by atoms with Crippen LogP contribution in [0.1, 0.15) is 44.6 Å². The minimum absolute atomic E-state index is 0.00539. The van der Waals surface area contributed by atoms with Crippen molar-refractivity contribution in [1.82, 2.24) is 0 Å². The molecular formula is C20H27NO3. The lowest BCUT2D eigenvalue weighted by molar-refractivity contribution is -0.152. The Morgan fingerprint density at radius 1 is 1.21 bits per heavy atom. The van der Waals surface area contributed by atoms with E-state index in [1.165, 1.54) is 5.56 Å². The zero-order valence-corrected chi connectivity index (χ0v) is 14.4. The summed E-state index contributed by atoms with van der Waals surface area (Å²) in [5.41, 5.74) is 1.18. The molecule has 0 amide bonds. The fourth-order valence-electron chi connectivity index (χ4n) is 3.90. The van der Waals surface area contributed by atoms with Crippen LogP contribution in [0.25, 0.3) is 0 Å². The Hall–Kier alpha value is -1.41. The first kappa shape index (κ1) is 17.4. The molecule has 2 fully saturated rings. The van der Waals surface area contributed by atoms with Gasteiger partial charge in [-0.25, -0.2) is 0 Å². The molecular weight excluding hydrogens is 302 g/mol. The molecule has 1 aliphatic carbocycles. The largest absolute Gasteiger partial charge is 0.373 e. The number of benzene rings is 1. The molecule has 24 heavy (non-hydrogen) atoms. The third-order valence-electron chi connectivity index (χ3n) is 5.49. The van der Waals surface area contributed by atoms with Gasteiger partial charge in [-0.1, -0.05) is 37.3 Å². The Morgan fingerprint density at radius 2 is 1.96 bits per heavy atom. The molecule has 4 unspecified atom stereocenters. The van der Waals surface area contributed by atoms with Crippen LogP contribution < -0.4 is 0 Å². The van der Waals surface area contributed by atoms with Crippen molar-refractivity contribution in [3.8, 4) is 6.07 Å². The van der Waals surface area contributed by atoms with Crippen molar-refractivity contribution in [2.45, 2.75) is 63.9 Å². The summed E-state index contributed by atoms with van der Waals surface area (Å²) in [7, 11) is 0. The van der Waals surface area contributed by atoms with Gasteiger partial charge >= 0.3 is 0 Å². The molecule has 130 valence electrons. The molecule has 3 rings (SSSR count). The predicted octanol–water partition coefficient (Wildman–Crippen LogP) is 3.85. The lowest BCUT2D eigenvalue weighted by Gasteiger charge is -2.37. The molecule has 0 N–H and O–H groups in total. The minimum atomic E-state index is -0.00539. The van der Waals surface area contributed by atoms with Crippen molar-refractivity contribution in [1.29, 1.82) is 5.26 Å². The van der Waals surface area contributed by atoms with E-state index in [4.69, 9.17) is 19.5 Å². The van der Waals surface area contributed by atoms with Crippen molar-refractivity contribution in [2.24, 2.45) is 5.41 Å². The van der Waals surface area contributed by atoms with E-state index < -0.39 is 0 Å². The number of rotatable bonds is 5. The molecule has 1 aromatic rings. The predicted molar refractivity (Wildman–Crippen MR) is 91.3 cm³/mol. The van der Waals surface area contributed by atoms with E-state index in [0.717, 1.165) is 25.7 Å². The summed E-state index contributed by atoms with van der Waals surface area (Å²) in [6.45, 7) is 4.22. The zero-order valence-electron chi connectivity index (χ0n) is 14.4. The summed E-state index contributed by atoms with van der Waals surface area (Å²) in [4.78, 5) is 0. The smallest absolute Gasteiger partial charge is 0.0862 e. The van der Waals surface area contributed by atoms with Gasteiger partial charge in [-0.15, -0.1) is 0 Å². The van der Waals surface area contributed by atoms with Gasteiger partial charge in [-0.05, 0) is 30.2 Å². The van der Waals surface area contributed by atoms with Crippen LogP contribution in [0.5, 0.6) is 0 Å². The van der Waals surface area contributed by atoms with Gasteiger partial charge in [0, 0.05) is 12.8 Å². The second-order valence-electron chi connectivity index (χ2n) is 7.19. The Bertz CT molecular complexity index is 556. The summed E-state index contributed by atoms with van der Waals surface area (Å²) in [5.74, 6) is 0. The normalized spacial score (nSPS) is 33.2. The number of nitrogens with zero attached hydrogens (tertiary/aromatic N) is 1. The minimum Gasteiger partial charge on any atom is -0.373 e. The second-order valence-corrected chi connectivity index (χ2v) is 7.19. The Morgan fingerprint density at radius 3 is 2.71 bits per heavy atom. The molecule has 0 radical (unpaired) electrons. The van der Waals surface area contributed by atoms with Crippen LogP contribution in [0.15, 0.2) is 30.3 Å². The fourth-order valence-corrected chi connectivity index (χ4v) is 3.90. The topological polar surface area (TPSA) is 51.5 Å².